The molecule has 0 atom stereocenters. The first-order valence-electron chi connectivity index (χ1n) is 6.34. The predicted molar refractivity (Wildman–Crippen MR) is 67.9 cm³/mol. The Labute approximate surface area is 111 Å². The van der Waals surface area contributed by atoms with Gasteiger partial charge in [0.05, 0.1) is 6.33 Å². The average molecular weight is 266 g/mol. The molecule has 1 aliphatic rings. The fourth-order valence-electron chi connectivity index (χ4n) is 2.15. The lowest BCUT2D eigenvalue weighted by Crippen LogP contribution is -2.48. The molecule has 7 nitrogen and oxygen atoms in total. The molecule has 0 bridgehead atoms. The Balaban J connectivity index is 1.65. The van der Waals surface area contributed by atoms with E-state index in [1.165, 1.54) is 12.5 Å². The molecular formula is C12H18N4O3. The van der Waals surface area contributed by atoms with E-state index in [1.54, 1.807) is 4.57 Å². The number of aromatic carboxylic acids is 1. The maximum absolute atomic E-state index is 11.5. The molecule has 1 saturated carbocycles. The number of imidazole rings is 1. The number of carboxylic acid groups (broad SMARTS) is 1. The number of hydrogen-bond acceptors (Lipinski definition) is 3. The quantitative estimate of drug-likeness (QED) is 0.730. The van der Waals surface area contributed by atoms with Gasteiger partial charge in [-0.1, -0.05) is 6.92 Å². The molecule has 0 saturated heterocycles. The molecule has 1 fully saturated rings. The molecule has 1 aromatic rings. The van der Waals surface area contributed by atoms with Crippen LogP contribution in [0.25, 0.3) is 0 Å². The molecule has 2 rings (SSSR count). The molecule has 1 heterocycles. The number of carboxylic acids is 1. The standard InChI is InChI=1S/C12H18N4O3/c1-8-4-9(5-8)15-12(19)13-2-3-16-6-10(11(17)18)14-7-16/h6-9H,2-5H2,1H3,(H,17,18)(H2,13,15,19). The fourth-order valence-corrected chi connectivity index (χ4v) is 2.15. The Morgan fingerprint density at radius 1 is 1.53 bits per heavy atom. The summed E-state index contributed by atoms with van der Waals surface area (Å²) >= 11 is 0. The number of urea groups is 1. The number of rotatable bonds is 5. The third-order valence-electron chi connectivity index (χ3n) is 3.22. The molecule has 1 aliphatic carbocycles. The van der Waals surface area contributed by atoms with Gasteiger partial charge < -0.3 is 20.3 Å². The van der Waals surface area contributed by atoms with Gasteiger partial charge in [-0.3, -0.25) is 0 Å². The van der Waals surface area contributed by atoms with Crippen molar-refractivity contribution in [3.8, 4) is 0 Å². The SMILES string of the molecule is CC1CC(NC(=O)NCCn2cnc(C(=O)O)c2)C1. The van der Waals surface area contributed by atoms with Gasteiger partial charge in [-0.25, -0.2) is 14.6 Å². The Bertz CT molecular complexity index is 465. The number of carbonyl (C=O) groups excluding carboxylic acids is 1. The average Bonchev–Trinajstić information content (AvgIpc) is 2.76. The van der Waals surface area contributed by atoms with E-state index < -0.39 is 5.97 Å². The van der Waals surface area contributed by atoms with Gasteiger partial charge in [-0.2, -0.15) is 0 Å². The van der Waals surface area contributed by atoms with Crippen LogP contribution >= 0.6 is 0 Å². The van der Waals surface area contributed by atoms with Crippen LogP contribution in [0.15, 0.2) is 12.5 Å². The third kappa shape index (κ3) is 3.70. The van der Waals surface area contributed by atoms with Crippen LogP contribution < -0.4 is 10.6 Å². The number of nitrogens with zero attached hydrogens (tertiary/aromatic N) is 2. The highest BCUT2D eigenvalue weighted by molar-refractivity contribution is 5.84. The lowest BCUT2D eigenvalue weighted by molar-refractivity contribution is 0.0691. The minimum atomic E-state index is -1.05. The summed E-state index contributed by atoms with van der Waals surface area (Å²) in [6.45, 7) is 3.09. The zero-order chi connectivity index (χ0) is 13.8. The topological polar surface area (TPSA) is 96.3 Å². The molecular weight excluding hydrogens is 248 g/mol. The molecule has 0 aromatic carbocycles. The van der Waals surface area contributed by atoms with Crippen LogP contribution in [0.2, 0.25) is 0 Å². The smallest absolute Gasteiger partial charge is 0.356 e. The van der Waals surface area contributed by atoms with Crippen molar-refractivity contribution in [2.24, 2.45) is 5.92 Å². The van der Waals surface area contributed by atoms with Gasteiger partial charge in [0, 0.05) is 25.3 Å². The van der Waals surface area contributed by atoms with Crippen LogP contribution in [0, 0.1) is 5.92 Å². The first kappa shape index (κ1) is 13.4. The van der Waals surface area contributed by atoms with Gasteiger partial charge in [0.2, 0.25) is 0 Å². The van der Waals surface area contributed by atoms with Crippen molar-refractivity contribution in [3.63, 3.8) is 0 Å². The van der Waals surface area contributed by atoms with E-state index in [0.29, 0.717) is 25.0 Å². The minimum absolute atomic E-state index is 0.00732. The van der Waals surface area contributed by atoms with Gasteiger partial charge in [-0.15, -0.1) is 0 Å². The fraction of sp³-hybridized carbons (Fsp3) is 0.583. The molecule has 19 heavy (non-hydrogen) atoms. The van der Waals surface area contributed by atoms with Gasteiger partial charge in [0.1, 0.15) is 0 Å². The molecule has 0 aliphatic heterocycles. The highest BCUT2D eigenvalue weighted by atomic mass is 16.4. The summed E-state index contributed by atoms with van der Waals surface area (Å²) in [6, 6.07) is 0.123. The molecule has 0 unspecified atom stereocenters. The van der Waals surface area contributed by atoms with Crippen LogP contribution in [0.3, 0.4) is 0 Å². The van der Waals surface area contributed by atoms with Crippen LogP contribution in [-0.2, 0) is 6.54 Å². The largest absolute Gasteiger partial charge is 0.476 e. The normalized spacial score (nSPS) is 21.5. The van der Waals surface area contributed by atoms with Crippen LogP contribution in [0.4, 0.5) is 4.79 Å². The summed E-state index contributed by atoms with van der Waals surface area (Å²) < 4.78 is 1.63. The second-order valence-electron chi connectivity index (χ2n) is 4.98. The molecule has 2 amide bonds. The summed E-state index contributed by atoms with van der Waals surface area (Å²) in [5.74, 6) is -0.353. The minimum Gasteiger partial charge on any atom is -0.476 e. The van der Waals surface area contributed by atoms with E-state index in [1.807, 2.05) is 0 Å². The Hall–Kier alpha value is -2.05. The highest BCUT2D eigenvalue weighted by Gasteiger charge is 2.26. The zero-order valence-corrected chi connectivity index (χ0v) is 10.8. The van der Waals surface area contributed by atoms with E-state index in [4.69, 9.17) is 5.11 Å². The summed E-state index contributed by atoms with van der Waals surface area (Å²) in [5, 5.41) is 14.3. The van der Waals surface area contributed by atoms with Crippen molar-refractivity contribution in [2.45, 2.75) is 32.4 Å². The summed E-state index contributed by atoms with van der Waals surface area (Å²) in [7, 11) is 0. The molecule has 104 valence electrons. The molecule has 3 N–H and O–H groups in total. The van der Waals surface area contributed by atoms with Crippen molar-refractivity contribution in [3.05, 3.63) is 18.2 Å². The zero-order valence-electron chi connectivity index (χ0n) is 10.8. The van der Waals surface area contributed by atoms with E-state index in [0.717, 1.165) is 12.8 Å². The lowest BCUT2D eigenvalue weighted by atomic mass is 9.82. The molecule has 7 heteroatoms. The van der Waals surface area contributed by atoms with Crippen LogP contribution in [0.5, 0.6) is 0 Å². The summed E-state index contributed by atoms with van der Waals surface area (Å²) in [5.41, 5.74) is 0.00732. The maximum atomic E-state index is 11.5. The predicted octanol–water partition coefficient (Wildman–Crippen LogP) is 0.679. The lowest BCUT2D eigenvalue weighted by Gasteiger charge is -2.33. The van der Waals surface area contributed by atoms with Crippen molar-refractivity contribution in [1.29, 1.82) is 0 Å². The van der Waals surface area contributed by atoms with Crippen molar-refractivity contribution in [2.75, 3.05) is 6.54 Å². The number of aromatic nitrogens is 2. The number of hydrogen-bond donors (Lipinski definition) is 3. The maximum Gasteiger partial charge on any atom is 0.356 e. The van der Waals surface area contributed by atoms with Gasteiger partial charge in [-0.05, 0) is 18.8 Å². The Morgan fingerprint density at radius 2 is 2.26 bits per heavy atom. The van der Waals surface area contributed by atoms with Gasteiger partial charge in [0.25, 0.3) is 0 Å². The second-order valence-corrected chi connectivity index (χ2v) is 4.98. The van der Waals surface area contributed by atoms with Gasteiger partial charge >= 0.3 is 12.0 Å². The first-order chi connectivity index (χ1) is 9.04. The van der Waals surface area contributed by atoms with Crippen molar-refractivity contribution >= 4 is 12.0 Å². The van der Waals surface area contributed by atoms with Crippen molar-refractivity contribution < 1.29 is 14.7 Å². The van der Waals surface area contributed by atoms with Crippen LogP contribution in [-0.4, -0.2) is 39.2 Å². The Morgan fingerprint density at radius 3 is 2.84 bits per heavy atom. The van der Waals surface area contributed by atoms with E-state index >= 15 is 0 Å². The second kappa shape index (κ2) is 5.73. The Kier molecular flexibility index (Phi) is 4.03. The monoisotopic (exact) mass is 266 g/mol. The first-order valence-corrected chi connectivity index (χ1v) is 6.34. The van der Waals surface area contributed by atoms with E-state index in [9.17, 15) is 9.59 Å². The molecule has 0 spiro atoms. The number of carbonyl (C=O) groups is 2. The van der Waals surface area contributed by atoms with Crippen molar-refractivity contribution in [1.82, 2.24) is 20.2 Å². The number of nitrogens with one attached hydrogen (secondary N) is 2. The molecule has 0 radical (unpaired) electrons. The third-order valence-corrected chi connectivity index (χ3v) is 3.22. The number of amides is 2. The summed E-state index contributed by atoms with van der Waals surface area (Å²) in [6.07, 6.45) is 4.96. The van der Waals surface area contributed by atoms with Gasteiger partial charge in [0.15, 0.2) is 5.69 Å². The van der Waals surface area contributed by atoms with E-state index in [-0.39, 0.29) is 11.7 Å². The highest BCUT2D eigenvalue weighted by Crippen LogP contribution is 2.25. The van der Waals surface area contributed by atoms with E-state index in [2.05, 4.69) is 22.5 Å². The summed E-state index contributed by atoms with van der Waals surface area (Å²) in [4.78, 5) is 25.9. The molecule has 1 aromatic heterocycles. The van der Waals surface area contributed by atoms with Crippen LogP contribution in [0.1, 0.15) is 30.3 Å².